The predicted molar refractivity (Wildman–Crippen MR) is 76.2 cm³/mol. The topological polar surface area (TPSA) is 50.3 Å². The van der Waals surface area contributed by atoms with Gasteiger partial charge in [0.1, 0.15) is 5.15 Å². The Morgan fingerprint density at radius 1 is 1.10 bits per heavy atom. The van der Waals surface area contributed by atoms with E-state index in [0.29, 0.717) is 16.4 Å². The predicted octanol–water partition coefficient (Wildman–Crippen LogP) is 3.12. The summed E-state index contributed by atoms with van der Waals surface area (Å²) < 4.78 is 0. The Balaban J connectivity index is 2.04. The fourth-order valence-electron chi connectivity index (χ4n) is 2.17. The largest absolute Gasteiger partial charge is 0.300 e. The molecular formula is C14H8Cl2N2O2. The lowest BCUT2D eigenvalue weighted by molar-refractivity contribution is -0.114. The first-order valence-electron chi connectivity index (χ1n) is 5.83. The number of benzene rings is 1. The van der Waals surface area contributed by atoms with E-state index in [9.17, 15) is 9.59 Å². The van der Waals surface area contributed by atoms with Gasteiger partial charge in [-0.1, -0.05) is 35.3 Å². The number of pyridine rings is 1. The van der Waals surface area contributed by atoms with Crippen LogP contribution in [0.15, 0.2) is 36.5 Å². The zero-order chi connectivity index (χ0) is 14.3. The molecular weight excluding hydrogens is 299 g/mol. The second kappa shape index (κ2) is 4.89. The molecule has 0 N–H and O–H groups in total. The Morgan fingerprint density at radius 3 is 2.65 bits per heavy atom. The van der Waals surface area contributed by atoms with Crippen LogP contribution in [0.4, 0.5) is 5.69 Å². The van der Waals surface area contributed by atoms with Crippen molar-refractivity contribution in [2.45, 2.75) is 6.54 Å². The second-order valence-corrected chi connectivity index (χ2v) is 5.07. The summed E-state index contributed by atoms with van der Waals surface area (Å²) >= 11 is 12.0. The summed E-state index contributed by atoms with van der Waals surface area (Å²) in [5.74, 6) is -1.20. The molecule has 2 heterocycles. The Labute approximate surface area is 124 Å². The van der Waals surface area contributed by atoms with Gasteiger partial charge in [-0.3, -0.25) is 9.59 Å². The molecule has 3 rings (SSSR count). The van der Waals surface area contributed by atoms with Crippen molar-refractivity contribution >= 4 is 40.6 Å². The maximum Gasteiger partial charge on any atom is 0.299 e. The zero-order valence-electron chi connectivity index (χ0n) is 10.1. The molecule has 20 heavy (non-hydrogen) atoms. The fraction of sp³-hybridized carbons (Fsp3) is 0.0714. The Morgan fingerprint density at radius 2 is 1.90 bits per heavy atom. The molecule has 1 amide bonds. The number of hydrogen-bond donors (Lipinski definition) is 0. The van der Waals surface area contributed by atoms with Gasteiger partial charge in [-0.25, -0.2) is 4.98 Å². The number of Topliss-reactive ketones (excluding diaryl/α,β-unsaturated/α-hetero) is 1. The van der Waals surface area contributed by atoms with E-state index in [1.165, 1.54) is 4.90 Å². The normalized spacial score (nSPS) is 13.8. The van der Waals surface area contributed by atoms with E-state index in [2.05, 4.69) is 4.98 Å². The number of anilines is 1. The summed E-state index contributed by atoms with van der Waals surface area (Å²) in [5.41, 5.74) is 1.43. The van der Waals surface area contributed by atoms with Crippen molar-refractivity contribution in [1.82, 2.24) is 4.98 Å². The first kappa shape index (κ1) is 13.1. The van der Waals surface area contributed by atoms with Gasteiger partial charge in [-0.2, -0.15) is 0 Å². The molecule has 1 aliphatic heterocycles. The molecule has 0 saturated heterocycles. The third-order valence-electron chi connectivity index (χ3n) is 3.11. The number of ketones is 1. The van der Waals surface area contributed by atoms with Crippen LogP contribution in [0.5, 0.6) is 0 Å². The summed E-state index contributed by atoms with van der Waals surface area (Å²) in [4.78, 5) is 29.4. The van der Waals surface area contributed by atoms with Gasteiger partial charge in [0.2, 0.25) is 0 Å². The van der Waals surface area contributed by atoms with Crippen LogP contribution in [0.25, 0.3) is 0 Å². The quantitative estimate of drug-likeness (QED) is 0.633. The highest BCUT2D eigenvalue weighted by atomic mass is 35.5. The van der Waals surface area contributed by atoms with Crippen LogP contribution in [-0.2, 0) is 11.3 Å². The number of nitrogens with zero attached hydrogens (tertiary/aromatic N) is 2. The van der Waals surface area contributed by atoms with Crippen molar-refractivity contribution in [3.8, 4) is 0 Å². The van der Waals surface area contributed by atoms with Crippen LogP contribution in [0.2, 0.25) is 10.2 Å². The van der Waals surface area contributed by atoms with E-state index in [1.807, 2.05) is 0 Å². The highest BCUT2D eigenvalue weighted by molar-refractivity contribution is 6.55. The maximum atomic E-state index is 12.1. The standard InChI is InChI=1S/C14H8Cl2N2O2/c15-9-4-1-5-10-11(9)12(19)14(20)18(10)7-8-3-2-6-17-13(8)16/h1-6H,7H2. The van der Waals surface area contributed by atoms with Gasteiger partial charge < -0.3 is 4.90 Å². The van der Waals surface area contributed by atoms with Crippen molar-refractivity contribution in [3.05, 3.63) is 57.8 Å². The lowest BCUT2D eigenvalue weighted by Gasteiger charge is -2.17. The van der Waals surface area contributed by atoms with E-state index in [-0.39, 0.29) is 17.1 Å². The van der Waals surface area contributed by atoms with Crippen molar-refractivity contribution in [3.63, 3.8) is 0 Å². The summed E-state index contributed by atoms with van der Waals surface area (Å²) in [7, 11) is 0. The van der Waals surface area contributed by atoms with Gasteiger partial charge in [0.15, 0.2) is 0 Å². The summed E-state index contributed by atoms with van der Waals surface area (Å²) in [6, 6.07) is 8.46. The number of hydrogen-bond acceptors (Lipinski definition) is 3. The number of fused-ring (bicyclic) bond motifs is 1. The minimum Gasteiger partial charge on any atom is -0.300 e. The highest BCUT2D eigenvalue weighted by Crippen LogP contribution is 2.35. The van der Waals surface area contributed by atoms with Gasteiger partial charge in [0.05, 0.1) is 22.8 Å². The molecule has 0 atom stereocenters. The van der Waals surface area contributed by atoms with E-state index in [0.717, 1.165) is 0 Å². The molecule has 0 aliphatic carbocycles. The minimum atomic E-state index is -0.604. The zero-order valence-corrected chi connectivity index (χ0v) is 11.6. The van der Waals surface area contributed by atoms with Crippen molar-refractivity contribution in [2.75, 3.05) is 4.90 Å². The molecule has 0 radical (unpaired) electrons. The first-order valence-corrected chi connectivity index (χ1v) is 6.59. The van der Waals surface area contributed by atoms with Crippen LogP contribution in [0, 0.1) is 0 Å². The molecule has 0 spiro atoms. The lowest BCUT2D eigenvalue weighted by Crippen LogP contribution is -2.29. The first-order chi connectivity index (χ1) is 9.59. The maximum absolute atomic E-state index is 12.1. The molecule has 100 valence electrons. The van der Waals surface area contributed by atoms with E-state index in [1.54, 1.807) is 36.5 Å². The van der Waals surface area contributed by atoms with Crippen LogP contribution in [0.3, 0.4) is 0 Å². The SMILES string of the molecule is O=C1C(=O)N(Cc2cccnc2Cl)c2cccc(Cl)c21. The lowest BCUT2D eigenvalue weighted by atomic mass is 10.1. The summed E-state index contributed by atoms with van der Waals surface area (Å²) in [6.45, 7) is 0.185. The van der Waals surface area contributed by atoms with E-state index >= 15 is 0 Å². The van der Waals surface area contributed by atoms with Crippen molar-refractivity contribution in [1.29, 1.82) is 0 Å². The van der Waals surface area contributed by atoms with Crippen LogP contribution in [-0.4, -0.2) is 16.7 Å². The third kappa shape index (κ3) is 1.97. The molecule has 0 bridgehead atoms. The van der Waals surface area contributed by atoms with Gasteiger partial charge in [0.25, 0.3) is 11.7 Å². The fourth-order valence-corrected chi connectivity index (χ4v) is 2.60. The van der Waals surface area contributed by atoms with Crippen LogP contribution < -0.4 is 4.90 Å². The molecule has 6 heteroatoms. The molecule has 2 aromatic rings. The second-order valence-electron chi connectivity index (χ2n) is 4.31. The molecule has 0 unspecified atom stereocenters. The van der Waals surface area contributed by atoms with Gasteiger partial charge in [-0.05, 0) is 18.2 Å². The number of amides is 1. The van der Waals surface area contributed by atoms with Crippen LogP contribution >= 0.6 is 23.2 Å². The summed E-state index contributed by atoms with van der Waals surface area (Å²) in [5, 5.41) is 0.587. The number of carbonyl (C=O) groups is 2. The molecule has 1 aromatic carbocycles. The smallest absolute Gasteiger partial charge is 0.299 e. The average Bonchev–Trinajstić information content (AvgIpc) is 2.67. The number of carbonyl (C=O) groups excluding carboxylic acids is 2. The molecule has 0 saturated carbocycles. The highest BCUT2D eigenvalue weighted by Gasteiger charge is 2.37. The van der Waals surface area contributed by atoms with Gasteiger partial charge >= 0.3 is 0 Å². The summed E-state index contributed by atoms with van der Waals surface area (Å²) in [6.07, 6.45) is 1.56. The Hall–Kier alpha value is -1.91. The van der Waals surface area contributed by atoms with Crippen molar-refractivity contribution < 1.29 is 9.59 Å². The van der Waals surface area contributed by atoms with E-state index in [4.69, 9.17) is 23.2 Å². The molecule has 1 aliphatic rings. The number of rotatable bonds is 2. The molecule has 1 aromatic heterocycles. The third-order valence-corrected chi connectivity index (χ3v) is 3.77. The molecule has 0 fully saturated rings. The van der Waals surface area contributed by atoms with Gasteiger partial charge in [0, 0.05) is 11.8 Å². The van der Waals surface area contributed by atoms with Gasteiger partial charge in [-0.15, -0.1) is 0 Å². The Bertz CT molecular complexity index is 731. The Kier molecular flexibility index (Phi) is 3.20. The minimum absolute atomic E-state index is 0.185. The number of halogens is 2. The average molecular weight is 307 g/mol. The van der Waals surface area contributed by atoms with Crippen LogP contribution in [0.1, 0.15) is 15.9 Å². The number of aromatic nitrogens is 1. The van der Waals surface area contributed by atoms with E-state index < -0.39 is 11.7 Å². The molecule has 4 nitrogen and oxygen atoms in total. The monoisotopic (exact) mass is 306 g/mol. The van der Waals surface area contributed by atoms with Crippen molar-refractivity contribution in [2.24, 2.45) is 0 Å².